The van der Waals surface area contributed by atoms with E-state index in [-0.39, 0.29) is 0 Å². The minimum atomic E-state index is 0.513. The van der Waals surface area contributed by atoms with E-state index < -0.39 is 0 Å². The topological polar surface area (TPSA) is 21.3 Å². The first kappa shape index (κ1) is 13.4. The van der Waals surface area contributed by atoms with E-state index in [1.165, 1.54) is 31.4 Å². The van der Waals surface area contributed by atoms with Gasteiger partial charge in [-0.05, 0) is 26.2 Å². The van der Waals surface area contributed by atoms with E-state index in [9.17, 15) is 0 Å². The van der Waals surface area contributed by atoms with E-state index in [1.54, 1.807) is 0 Å². The van der Waals surface area contributed by atoms with Crippen molar-refractivity contribution in [3.8, 4) is 0 Å². The molecule has 2 saturated carbocycles. The van der Waals surface area contributed by atoms with Crippen molar-refractivity contribution in [3.63, 3.8) is 0 Å². The first-order valence-corrected chi connectivity index (χ1v) is 8.02. The van der Waals surface area contributed by atoms with Crippen LogP contribution in [-0.2, 0) is 4.74 Å². The SMILES string of the molecule is C=CCSCCNC1CC(OCC)C12CCC2. The molecule has 2 fully saturated rings. The molecule has 0 aromatic rings. The summed E-state index contributed by atoms with van der Waals surface area (Å²) in [6, 6.07) is 0.720. The lowest BCUT2D eigenvalue weighted by Gasteiger charge is -2.61. The summed E-state index contributed by atoms with van der Waals surface area (Å²) < 4.78 is 5.85. The van der Waals surface area contributed by atoms with Crippen LogP contribution in [0.5, 0.6) is 0 Å². The third kappa shape index (κ3) is 2.72. The smallest absolute Gasteiger partial charge is 0.0661 e. The molecule has 0 aliphatic heterocycles. The van der Waals surface area contributed by atoms with Crippen LogP contribution >= 0.6 is 11.8 Å². The monoisotopic (exact) mass is 255 g/mol. The van der Waals surface area contributed by atoms with Crippen LogP contribution in [0, 0.1) is 5.41 Å². The molecule has 3 heteroatoms. The van der Waals surface area contributed by atoms with E-state index >= 15 is 0 Å². The highest BCUT2D eigenvalue weighted by atomic mass is 32.2. The van der Waals surface area contributed by atoms with Crippen molar-refractivity contribution in [2.45, 2.75) is 44.8 Å². The summed E-state index contributed by atoms with van der Waals surface area (Å²) in [4.78, 5) is 0. The lowest BCUT2D eigenvalue weighted by Crippen LogP contribution is -2.67. The van der Waals surface area contributed by atoms with Crippen LogP contribution in [0.15, 0.2) is 12.7 Å². The second-order valence-electron chi connectivity index (χ2n) is 5.14. The van der Waals surface area contributed by atoms with E-state index in [4.69, 9.17) is 4.74 Å². The van der Waals surface area contributed by atoms with Gasteiger partial charge in [0.05, 0.1) is 6.10 Å². The zero-order chi connectivity index (χ0) is 12.1. The van der Waals surface area contributed by atoms with Gasteiger partial charge in [-0.3, -0.25) is 0 Å². The number of hydrogen-bond donors (Lipinski definition) is 1. The fourth-order valence-electron chi connectivity index (χ4n) is 3.20. The predicted molar refractivity (Wildman–Crippen MR) is 75.6 cm³/mol. The van der Waals surface area contributed by atoms with Crippen LogP contribution in [0.1, 0.15) is 32.6 Å². The normalized spacial score (nSPS) is 29.7. The van der Waals surface area contributed by atoms with Crippen molar-refractivity contribution < 1.29 is 4.74 Å². The molecule has 0 aromatic carbocycles. The predicted octanol–water partition coefficient (Wildman–Crippen LogP) is 2.84. The van der Waals surface area contributed by atoms with Crippen LogP contribution < -0.4 is 5.32 Å². The zero-order valence-corrected chi connectivity index (χ0v) is 11.7. The van der Waals surface area contributed by atoms with E-state index in [0.717, 1.165) is 24.9 Å². The molecular formula is C14H25NOS. The Bertz CT molecular complexity index is 253. The third-order valence-corrected chi connectivity index (χ3v) is 5.27. The molecule has 2 aliphatic carbocycles. The maximum Gasteiger partial charge on any atom is 0.0661 e. The highest BCUT2D eigenvalue weighted by molar-refractivity contribution is 7.99. The first-order chi connectivity index (χ1) is 8.33. The Hall–Kier alpha value is 0.01000. The summed E-state index contributed by atoms with van der Waals surface area (Å²) in [6.07, 6.45) is 7.88. The number of ether oxygens (including phenoxy) is 1. The molecule has 1 N–H and O–H groups in total. The second-order valence-corrected chi connectivity index (χ2v) is 6.29. The lowest BCUT2D eigenvalue weighted by atomic mass is 9.51. The quantitative estimate of drug-likeness (QED) is 0.532. The molecule has 2 rings (SSSR count). The molecule has 98 valence electrons. The average Bonchev–Trinajstić information content (AvgIpc) is 2.23. The lowest BCUT2D eigenvalue weighted by molar-refractivity contribution is -0.172. The highest BCUT2D eigenvalue weighted by Crippen LogP contribution is 2.57. The maximum atomic E-state index is 5.85. The maximum absolute atomic E-state index is 5.85. The summed E-state index contributed by atoms with van der Waals surface area (Å²) in [6.45, 7) is 7.85. The molecule has 17 heavy (non-hydrogen) atoms. The minimum Gasteiger partial charge on any atom is -0.378 e. The first-order valence-electron chi connectivity index (χ1n) is 6.87. The van der Waals surface area contributed by atoms with Crippen LogP contribution in [0.2, 0.25) is 0 Å². The molecule has 0 amide bonds. The molecule has 0 bridgehead atoms. The third-order valence-electron chi connectivity index (χ3n) is 4.31. The number of nitrogens with one attached hydrogen (secondary N) is 1. The molecule has 0 radical (unpaired) electrons. The molecule has 2 nitrogen and oxygen atoms in total. The average molecular weight is 255 g/mol. The van der Waals surface area contributed by atoms with Crippen LogP contribution in [0.4, 0.5) is 0 Å². The Balaban J connectivity index is 1.66. The summed E-state index contributed by atoms with van der Waals surface area (Å²) in [5.74, 6) is 2.26. The molecule has 0 aromatic heterocycles. The van der Waals surface area contributed by atoms with Crippen molar-refractivity contribution >= 4 is 11.8 Å². The van der Waals surface area contributed by atoms with Gasteiger partial charge >= 0.3 is 0 Å². The number of thioether (sulfide) groups is 1. The van der Waals surface area contributed by atoms with Gasteiger partial charge in [-0.2, -0.15) is 11.8 Å². The van der Waals surface area contributed by atoms with Crippen LogP contribution in [0.3, 0.4) is 0 Å². The van der Waals surface area contributed by atoms with Gasteiger partial charge in [0.25, 0.3) is 0 Å². The van der Waals surface area contributed by atoms with Crippen molar-refractivity contribution in [2.24, 2.45) is 5.41 Å². The van der Waals surface area contributed by atoms with Crippen molar-refractivity contribution in [1.29, 1.82) is 0 Å². The summed E-state index contributed by atoms with van der Waals surface area (Å²) in [7, 11) is 0. The Morgan fingerprint density at radius 3 is 2.94 bits per heavy atom. The molecule has 2 atom stereocenters. The second kappa shape index (κ2) is 6.26. The molecule has 2 unspecified atom stereocenters. The fraction of sp³-hybridized carbons (Fsp3) is 0.857. The van der Waals surface area contributed by atoms with Gasteiger partial charge in [0.1, 0.15) is 0 Å². The van der Waals surface area contributed by atoms with Crippen LogP contribution in [0.25, 0.3) is 0 Å². The van der Waals surface area contributed by atoms with Gasteiger partial charge in [-0.15, -0.1) is 6.58 Å². The molecule has 0 heterocycles. The number of hydrogen-bond acceptors (Lipinski definition) is 3. The van der Waals surface area contributed by atoms with Gasteiger partial charge in [-0.1, -0.05) is 12.5 Å². The zero-order valence-electron chi connectivity index (χ0n) is 10.9. The van der Waals surface area contributed by atoms with Crippen LogP contribution in [-0.4, -0.2) is 36.8 Å². The van der Waals surface area contributed by atoms with Gasteiger partial charge in [-0.25, -0.2) is 0 Å². The summed E-state index contributed by atoms with van der Waals surface area (Å²) in [5.41, 5.74) is 0.513. The Labute approximate surface area is 110 Å². The van der Waals surface area contributed by atoms with E-state index in [2.05, 4.69) is 18.8 Å². The number of rotatable bonds is 8. The Morgan fingerprint density at radius 2 is 2.35 bits per heavy atom. The van der Waals surface area contributed by atoms with Gasteiger partial charge in [0.15, 0.2) is 0 Å². The Kier molecular flexibility index (Phi) is 4.95. The minimum absolute atomic E-state index is 0.513. The molecule has 1 spiro atoms. The van der Waals surface area contributed by atoms with Gasteiger partial charge in [0, 0.05) is 36.1 Å². The molecular weight excluding hydrogens is 230 g/mol. The van der Waals surface area contributed by atoms with E-state index in [1.807, 2.05) is 17.8 Å². The fourth-order valence-corrected chi connectivity index (χ4v) is 3.79. The highest BCUT2D eigenvalue weighted by Gasteiger charge is 2.58. The van der Waals surface area contributed by atoms with E-state index in [0.29, 0.717) is 11.5 Å². The molecule has 0 saturated heterocycles. The standard InChI is InChI=1S/C14H25NOS/c1-3-9-17-10-8-15-12-11-13(16-4-2)14(12)6-5-7-14/h3,12-13,15H,1,4-11H2,2H3. The van der Waals surface area contributed by atoms with Gasteiger partial charge < -0.3 is 10.1 Å². The largest absolute Gasteiger partial charge is 0.378 e. The summed E-state index contributed by atoms with van der Waals surface area (Å²) in [5, 5.41) is 3.72. The van der Waals surface area contributed by atoms with Gasteiger partial charge in [0.2, 0.25) is 0 Å². The Morgan fingerprint density at radius 1 is 1.53 bits per heavy atom. The summed E-state index contributed by atoms with van der Waals surface area (Å²) >= 11 is 1.95. The molecule has 2 aliphatic rings. The van der Waals surface area contributed by atoms with Crippen molar-refractivity contribution in [3.05, 3.63) is 12.7 Å². The van der Waals surface area contributed by atoms with Crippen molar-refractivity contribution in [2.75, 3.05) is 24.7 Å². The van der Waals surface area contributed by atoms with Crippen molar-refractivity contribution in [1.82, 2.24) is 5.32 Å².